The minimum absolute atomic E-state index is 0.146. The number of carbonyl (C=O) groups excluding carboxylic acids is 1. The first-order valence-electron chi connectivity index (χ1n) is 9.01. The van der Waals surface area contributed by atoms with Gasteiger partial charge in [0.05, 0.1) is 17.4 Å². The minimum Gasteiger partial charge on any atom is -0.353 e. The molecular formula is C20H20FN5O2. The van der Waals surface area contributed by atoms with E-state index >= 15 is 0 Å². The van der Waals surface area contributed by atoms with Crippen LogP contribution in [-0.4, -0.2) is 25.1 Å². The highest BCUT2D eigenvalue weighted by molar-refractivity contribution is 5.92. The molecule has 0 aliphatic carbocycles. The minimum atomic E-state index is -0.435. The average molecular weight is 381 g/mol. The smallest absolute Gasteiger partial charge is 0.276 e. The topological polar surface area (TPSA) is 84.2 Å². The molecule has 4 aromatic rings. The summed E-state index contributed by atoms with van der Waals surface area (Å²) in [7, 11) is 1.91. The van der Waals surface area contributed by atoms with Crippen molar-refractivity contribution in [3.63, 3.8) is 0 Å². The van der Waals surface area contributed by atoms with E-state index in [0.717, 1.165) is 5.69 Å². The van der Waals surface area contributed by atoms with Gasteiger partial charge in [-0.3, -0.25) is 14.7 Å². The third-order valence-corrected chi connectivity index (χ3v) is 4.97. The fourth-order valence-electron chi connectivity index (χ4n) is 3.38. The van der Waals surface area contributed by atoms with Crippen LogP contribution in [0, 0.1) is 12.7 Å². The first-order chi connectivity index (χ1) is 13.5. The number of H-pyrrole nitrogens is 1. The Morgan fingerprint density at radius 3 is 2.86 bits per heavy atom. The summed E-state index contributed by atoms with van der Waals surface area (Å²) in [6.07, 6.45) is 2.34. The van der Waals surface area contributed by atoms with E-state index in [9.17, 15) is 14.0 Å². The number of halogens is 1. The van der Waals surface area contributed by atoms with Gasteiger partial charge in [-0.15, -0.1) is 0 Å². The number of hydrogen-bond donors (Lipinski definition) is 2. The first-order valence-corrected chi connectivity index (χ1v) is 9.01. The number of fused-ring (bicyclic) bond motifs is 3. The second-order valence-corrected chi connectivity index (χ2v) is 6.80. The number of amides is 1. The quantitative estimate of drug-likeness (QED) is 0.556. The van der Waals surface area contributed by atoms with Gasteiger partial charge in [0.2, 0.25) is 5.91 Å². The average Bonchev–Trinajstić information content (AvgIpc) is 3.24. The second-order valence-electron chi connectivity index (χ2n) is 6.80. The lowest BCUT2D eigenvalue weighted by Crippen LogP contribution is -2.27. The van der Waals surface area contributed by atoms with Crippen molar-refractivity contribution in [2.24, 2.45) is 7.05 Å². The van der Waals surface area contributed by atoms with E-state index in [1.165, 1.54) is 10.6 Å². The van der Waals surface area contributed by atoms with Crippen molar-refractivity contribution in [3.05, 3.63) is 69.7 Å². The molecule has 0 fully saturated rings. The number of nitrogens with one attached hydrogen (secondary N) is 2. The van der Waals surface area contributed by atoms with Crippen molar-refractivity contribution < 1.29 is 9.18 Å². The normalized spacial score (nSPS) is 11.4. The monoisotopic (exact) mass is 381 g/mol. The number of aromatic amines is 1. The maximum atomic E-state index is 14.2. The number of aryl methyl sites for hydroxylation is 2. The largest absolute Gasteiger partial charge is 0.353 e. The molecule has 0 saturated carbocycles. The van der Waals surface area contributed by atoms with Gasteiger partial charge < -0.3 is 9.88 Å². The van der Waals surface area contributed by atoms with Crippen molar-refractivity contribution in [1.29, 1.82) is 0 Å². The molecule has 0 spiro atoms. The van der Waals surface area contributed by atoms with Crippen LogP contribution < -0.4 is 10.9 Å². The maximum absolute atomic E-state index is 14.2. The summed E-state index contributed by atoms with van der Waals surface area (Å²) < 4.78 is 17.3. The van der Waals surface area contributed by atoms with Gasteiger partial charge in [-0.1, -0.05) is 6.07 Å². The summed E-state index contributed by atoms with van der Waals surface area (Å²) in [6, 6.07) is 8.45. The summed E-state index contributed by atoms with van der Waals surface area (Å²) >= 11 is 0. The lowest BCUT2D eigenvalue weighted by Gasteiger charge is -2.08. The zero-order valence-electron chi connectivity index (χ0n) is 15.6. The number of nitrogens with zero attached hydrogens (tertiary/aromatic N) is 3. The Bertz CT molecular complexity index is 1250. The van der Waals surface area contributed by atoms with E-state index in [-0.39, 0.29) is 35.3 Å². The van der Waals surface area contributed by atoms with Gasteiger partial charge in [0.15, 0.2) is 5.65 Å². The van der Waals surface area contributed by atoms with Gasteiger partial charge in [-0.2, -0.15) is 0 Å². The molecule has 8 heteroatoms. The van der Waals surface area contributed by atoms with Crippen molar-refractivity contribution in [3.8, 4) is 0 Å². The van der Waals surface area contributed by atoms with Gasteiger partial charge in [-0.05, 0) is 37.6 Å². The van der Waals surface area contributed by atoms with Crippen molar-refractivity contribution in [2.75, 3.05) is 0 Å². The third kappa shape index (κ3) is 3.06. The molecular weight excluding hydrogens is 361 g/mol. The van der Waals surface area contributed by atoms with E-state index in [2.05, 4.69) is 15.4 Å². The van der Waals surface area contributed by atoms with Crippen LogP contribution in [0.4, 0.5) is 4.39 Å². The molecule has 3 heterocycles. The van der Waals surface area contributed by atoms with Gasteiger partial charge in [0.25, 0.3) is 5.56 Å². The van der Waals surface area contributed by atoms with Gasteiger partial charge in [-0.25, -0.2) is 13.9 Å². The van der Waals surface area contributed by atoms with Crippen LogP contribution in [0.25, 0.3) is 16.6 Å². The summed E-state index contributed by atoms with van der Waals surface area (Å²) in [5.41, 5.74) is 2.39. The Morgan fingerprint density at radius 1 is 1.29 bits per heavy atom. The summed E-state index contributed by atoms with van der Waals surface area (Å²) in [5.74, 6) is -0.580. The predicted octanol–water partition coefficient (Wildman–Crippen LogP) is 2.21. The summed E-state index contributed by atoms with van der Waals surface area (Å²) in [4.78, 5) is 29.5. The van der Waals surface area contributed by atoms with Crippen LogP contribution in [0.1, 0.15) is 23.4 Å². The molecule has 0 atom stereocenters. The van der Waals surface area contributed by atoms with Crippen molar-refractivity contribution in [2.45, 2.75) is 26.3 Å². The van der Waals surface area contributed by atoms with Crippen LogP contribution >= 0.6 is 0 Å². The SMILES string of the molecule is Cc1nc2c3c(F)cccc3[nH]n2c(=O)c1CCC(=O)NCc1cccn1C. The molecule has 0 saturated heterocycles. The highest BCUT2D eigenvalue weighted by Gasteiger charge is 2.17. The molecule has 3 aromatic heterocycles. The number of aromatic nitrogens is 4. The maximum Gasteiger partial charge on any atom is 0.276 e. The number of rotatable bonds is 5. The molecule has 0 aliphatic heterocycles. The third-order valence-electron chi connectivity index (χ3n) is 4.97. The molecule has 2 N–H and O–H groups in total. The Morgan fingerprint density at radius 2 is 2.11 bits per heavy atom. The Balaban J connectivity index is 1.56. The number of benzene rings is 1. The predicted molar refractivity (Wildman–Crippen MR) is 104 cm³/mol. The Kier molecular flexibility index (Phi) is 4.46. The molecule has 1 amide bonds. The zero-order valence-corrected chi connectivity index (χ0v) is 15.6. The van der Waals surface area contributed by atoms with Crippen LogP contribution in [-0.2, 0) is 24.8 Å². The fourth-order valence-corrected chi connectivity index (χ4v) is 3.38. The summed E-state index contributed by atoms with van der Waals surface area (Å²) in [5, 5.41) is 6.03. The highest BCUT2D eigenvalue weighted by atomic mass is 19.1. The molecule has 0 radical (unpaired) electrons. The first kappa shape index (κ1) is 18.0. The number of hydrogen-bond acceptors (Lipinski definition) is 3. The lowest BCUT2D eigenvalue weighted by atomic mass is 10.1. The highest BCUT2D eigenvalue weighted by Crippen LogP contribution is 2.21. The zero-order chi connectivity index (χ0) is 19.8. The summed E-state index contributed by atoms with van der Waals surface area (Å²) in [6.45, 7) is 2.14. The van der Waals surface area contributed by atoms with E-state index in [1.807, 2.05) is 29.9 Å². The van der Waals surface area contributed by atoms with Gasteiger partial charge in [0.1, 0.15) is 5.82 Å². The molecule has 0 unspecified atom stereocenters. The lowest BCUT2D eigenvalue weighted by molar-refractivity contribution is -0.121. The van der Waals surface area contributed by atoms with E-state index in [0.29, 0.717) is 23.3 Å². The van der Waals surface area contributed by atoms with Crippen LogP contribution in [0.5, 0.6) is 0 Å². The van der Waals surface area contributed by atoms with Gasteiger partial charge in [0, 0.05) is 36.6 Å². The van der Waals surface area contributed by atoms with Crippen LogP contribution in [0.3, 0.4) is 0 Å². The van der Waals surface area contributed by atoms with Crippen molar-refractivity contribution in [1.82, 2.24) is 24.5 Å². The second kappa shape index (κ2) is 6.95. The molecule has 28 heavy (non-hydrogen) atoms. The Hall–Kier alpha value is -3.42. The molecule has 1 aromatic carbocycles. The fraction of sp³-hybridized carbons (Fsp3) is 0.250. The van der Waals surface area contributed by atoms with E-state index in [4.69, 9.17) is 0 Å². The van der Waals surface area contributed by atoms with Gasteiger partial charge >= 0.3 is 0 Å². The van der Waals surface area contributed by atoms with E-state index < -0.39 is 5.82 Å². The molecule has 4 rings (SSSR count). The number of carbonyl (C=O) groups is 1. The Labute approximate surface area is 159 Å². The molecule has 0 bridgehead atoms. The van der Waals surface area contributed by atoms with Crippen LogP contribution in [0.15, 0.2) is 41.3 Å². The molecule has 0 aliphatic rings. The van der Waals surface area contributed by atoms with Crippen LogP contribution in [0.2, 0.25) is 0 Å². The van der Waals surface area contributed by atoms with Crippen molar-refractivity contribution >= 4 is 22.5 Å². The standard InChI is InChI=1S/C20H20FN5O2/c1-12-14(8-9-17(27)22-11-13-5-4-10-25(13)2)20(28)26-19(23-12)18-15(21)6-3-7-16(18)24-26/h3-7,10,24H,8-9,11H2,1-2H3,(H,22,27). The molecule has 7 nitrogen and oxygen atoms in total. The molecule has 144 valence electrons. The van der Waals surface area contributed by atoms with E-state index in [1.54, 1.807) is 19.1 Å².